The van der Waals surface area contributed by atoms with Gasteiger partial charge in [-0.1, -0.05) is 0 Å². The minimum absolute atomic E-state index is 0.00495. The fourth-order valence-corrected chi connectivity index (χ4v) is 3.56. The van der Waals surface area contributed by atoms with E-state index in [-0.39, 0.29) is 35.5 Å². The number of ether oxygens (including phenoxy) is 2. The molecule has 166 valence electrons. The van der Waals surface area contributed by atoms with E-state index in [0.29, 0.717) is 28.5 Å². The lowest BCUT2D eigenvalue weighted by molar-refractivity contribution is 0.202. The number of aromatic amines is 1. The normalized spacial score (nSPS) is 11.6. The van der Waals surface area contributed by atoms with Crippen molar-refractivity contribution < 1.29 is 31.8 Å². The number of aromatic nitrogens is 4. The number of halogens is 2. The number of nitrogens with zero attached hydrogens (tertiary/aromatic N) is 3. The summed E-state index contributed by atoms with van der Waals surface area (Å²) in [5.74, 6) is -1.62. The van der Waals surface area contributed by atoms with Crippen molar-refractivity contribution in [2.75, 3.05) is 19.5 Å². The molecule has 0 saturated heterocycles. The summed E-state index contributed by atoms with van der Waals surface area (Å²) in [7, 11) is -3.51. The minimum Gasteiger partial charge on any atom is -0.490 e. The van der Waals surface area contributed by atoms with Crippen LogP contribution in [0.1, 0.15) is 0 Å². The molecule has 0 aliphatic heterocycles. The van der Waals surface area contributed by atoms with Gasteiger partial charge in [0.25, 0.3) is 0 Å². The number of aliphatic hydroxyl groups excluding tert-OH is 1. The van der Waals surface area contributed by atoms with Gasteiger partial charge in [-0.25, -0.2) is 22.2 Å². The van der Waals surface area contributed by atoms with E-state index in [0.717, 1.165) is 18.4 Å². The molecule has 0 atom stereocenters. The van der Waals surface area contributed by atoms with Crippen LogP contribution >= 0.6 is 0 Å². The van der Waals surface area contributed by atoms with E-state index in [1.165, 1.54) is 24.4 Å². The number of sulfone groups is 1. The van der Waals surface area contributed by atoms with Gasteiger partial charge in [-0.3, -0.25) is 5.10 Å². The number of aliphatic hydroxyl groups is 1. The van der Waals surface area contributed by atoms with Gasteiger partial charge < -0.3 is 14.6 Å². The molecule has 0 bridgehead atoms. The molecule has 0 aliphatic rings. The summed E-state index contributed by atoms with van der Waals surface area (Å²) in [4.78, 5) is 8.20. The highest BCUT2D eigenvalue weighted by molar-refractivity contribution is 7.90. The van der Waals surface area contributed by atoms with Gasteiger partial charge >= 0.3 is 6.01 Å². The second-order valence-electron chi connectivity index (χ2n) is 6.67. The van der Waals surface area contributed by atoms with Crippen molar-refractivity contribution in [2.24, 2.45) is 0 Å². The molecule has 4 aromatic rings. The van der Waals surface area contributed by atoms with E-state index in [9.17, 15) is 17.2 Å². The summed E-state index contributed by atoms with van der Waals surface area (Å²) in [5, 5.41) is 16.3. The Kier molecular flexibility index (Phi) is 5.72. The molecule has 9 nitrogen and oxygen atoms in total. The third kappa shape index (κ3) is 4.36. The molecule has 0 radical (unpaired) electrons. The lowest BCUT2D eigenvalue weighted by Crippen LogP contribution is -2.04. The lowest BCUT2D eigenvalue weighted by atomic mass is 10.1. The second kappa shape index (κ2) is 8.48. The molecule has 2 aromatic heterocycles. The molecule has 12 heteroatoms. The Morgan fingerprint density at radius 2 is 1.91 bits per heavy atom. The van der Waals surface area contributed by atoms with Crippen molar-refractivity contribution in [3.8, 4) is 28.8 Å². The first-order valence-electron chi connectivity index (χ1n) is 9.18. The summed E-state index contributed by atoms with van der Waals surface area (Å²) < 4.78 is 61.7. The van der Waals surface area contributed by atoms with Gasteiger partial charge in [0.05, 0.1) is 22.6 Å². The molecule has 0 fully saturated rings. The third-order valence-corrected chi connectivity index (χ3v) is 5.49. The molecule has 4 rings (SSSR count). The number of H-pyrrole nitrogens is 1. The monoisotopic (exact) mass is 462 g/mol. The van der Waals surface area contributed by atoms with E-state index in [4.69, 9.17) is 14.6 Å². The zero-order valence-electron chi connectivity index (χ0n) is 16.5. The van der Waals surface area contributed by atoms with Gasteiger partial charge in [-0.15, -0.1) is 0 Å². The Balaban J connectivity index is 1.75. The lowest BCUT2D eigenvalue weighted by Gasteiger charge is -2.11. The fraction of sp³-hybridized carbons (Fsp3) is 0.150. The van der Waals surface area contributed by atoms with Crippen LogP contribution in [0.2, 0.25) is 0 Å². The SMILES string of the molecule is CS(=O)(=O)c1ccc(OCCO)c(-c2[nH]nc3nc(Oc4ccc(F)cc4F)ncc23)c1. The van der Waals surface area contributed by atoms with Crippen LogP contribution in [0.25, 0.3) is 22.3 Å². The number of hydrogen-bond acceptors (Lipinski definition) is 8. The summed E-state index contributed by atoms with van der Waals surface area (Å²) >= 11 is 0. The van der Waals surface area contributed by atoms with Crippen molar-refractivity contribution >= 4 is 20.9 Å². The molecule has 0 aliphatic carbocycles. The largest absolute Gasteiger partial charge is 0.490 e. The average molecular weight is 462 g/mol. The first kappa shape index (κ1) is 21.6. The van der Waals surface area contributed by atoms with Gasteiger partial charge in [-0.2, -0.15) is 10.1 Å². The van der Waals surface area contributed by atoms with Gasteiger partial charge in [-0.05, 0) is 30.3 Å². The van der Waals surface area contributed by atoms with Crippen LogP contribution in [0.5, 0.6) is 17.5 Å². The predicted octanol–water partition coefficient (Wildman–Crippen LogP) is 2.87. The fourth-order valence-electron chi connectivity index (χ4n) is 2.92. The Hall–Kier alpha value is -3.64. The third-order valence-electron chi connectivity index (χ3n) is 4.38. The molecule has 2 N–H and O–H groups in total. The summed E-state index contributed by atoms with van der Waals surface area (Å²) in [6.07, 6.45) is 2.44. The Morgan fingerprint density at radius 3 is 2.62 bits per heavy atom. The van der Waals surface area contributed by atoms with Crippen LogP contribution in [0, 0.1) is 11.6 Å². The smallest absolute Gasteiger partial charge is 0.324 e. The van der Waals surface area contributed by atoms with Gasteiger partial charge in [0.1, 0.15) is 18.2 Å². The maximum atomic E-state index is 13.8. The van der Waals surface area contributed by atoms with Crippen LogP contribution in [-0.4, -0.2) is 53.2 Å². The van der Waals surface area contributed by atoms with Crippen molar-refractivity contribution in [1.29, 1.82) is 0 Å². The van der Waals surface area contributed by atoms with Crippen LogP contribution in [0.15, 0.2) is 47.5 Å². The van der Waals surface area contributed by atoms with Crippen LogP contribution < -0.4 is 9.47 Å². The quantitative estimate of drug-likeness (QED) is 0.429. The van der Waals surface area contributed by atoms with E-state index in [2.05, 4.69) is 20.2 Å². The van der Waals surface area contributed by atoms with Crippen molar-refractivity contribution in [1.82, 2.24) is 20.2 Å². The van der Waals surface area contributed by atoms with E-state index < -0.39 is 21.5 Å². The van der Waals surface area contributed by atoms with Crippen molar-refractivity contribution in [2.45, 2.75) is 4.90 Å². The highest BCUT2D eigenvalue weighted by Crippen LogP contribution is 2.35. The number of benzene rings is 2. The van der Waals surface area contributed by atoms with Crippen LogP contribution in [-0.2, 0) is 9.84 Å². The van der Waals surface area contributed by atoms with Crippen LogP contribution in [0.3, 0.4) is 0 Å². The number of rotatable bonds is 7. The first-order chi connectivity index (χ1) is 15.3. The Morgan fingerprint density at radius 1 is 1.12 bits per heavy atom. The van der Waals surface area contributed by atoms with Gasteiger partial charge in [0.2, 0.25) is 0 Å². The molecular weight excluding hydrogens is 446 g/mol. The predicted molar refractivity (Wildman–Crippen MR) is 109 cm³/mol. The van der Waals surface area contributed by atoms with Crippen LogP contribution in [0.4, 0.5) is 8.78 Å². The molecule has 0 spiro atoms. The highest BCUT2D eigenvalue weighted by atomic mass is 32.2. The average Bonchev–Trinajstić information content (AvgIpc) is 3.16. The zero-order valence-corrected chi connectivity index (χ0v) is 17.4. The standard InChI is InChI=1S/C20H16F2N4O5S/c1-32(28,29)12-3-5-16(30-7-6-27)13(9-12)18-14-10-23-20(24-19(14)26-25-18)31-17-4-2-11(21)8-15(17)22/h2-5,8-10,27H,6-7H2,1H3,(H,23,24,25,26). The Bertz CT molecular complexity index is 1410. The molecule has 0 saturated carbocycles. The maximum absolute atomic E-state index is 13.8. The van der Waals surface area contributed by atoms with Gasteiger partial charge in [0.15, 0.2) is 27.1 Å². The Labute approximate surface area is 180 Å². The highest BCUT2D eigenvalue weighted by Gasteiger charge is 2.19. The molecule has 2 heterocycles. The van der Waals surface area contributed by atoms with Gasteiger partial charge in [0, 0.05) is 24.1 Å². The first-order valence-corrected chi connectivity index (χ1v) is 11.1. The van der Waals surface area contributed by atoms with Crippen molar-refractivity contribution in [3.63, 3.8) is 0 Å². The minimum atomic E-state index is -3.51. The summed E-state index contributed by atoms with van der Waals surface area (Å²) in [6.45, 7) is -0.240. The van der Waals surface area contributed by atoms with E-state index in [1.54, 1.807) is 0 Å². The molecule has 32 heavy (non-hydrogen) atoms. The van der Waals surface area contributed by atoms with Crippen molar-refractivity contribution in [3.05, 3.63) is 54.2 Å². The molecule has 0 unspecified atom stereocenters. The number of nitrogens with one attached hydrogen (secondary N) is 1. The summed E-state index contributed by atoms with van der Waals surface area (Å²) in [6, 6.07) is 6.87. The topological polar surface area (TPSA) is 127 Å². The maximum Gasteiger partial charge on any atom is 0.324 e. The zero-order chi connectivity index (χ0) is 22.9. The molecular formula is C20H16F2N4O5S. The number of fused-ring (bicyclic) bond motifs is 1. The second-order valence-corrected chi connectivity index (χ2v) is 8.68. The molecule has 2 aromatic carbocycles. The van der Waals surface area contributed by atoms with E-state index in [1.807, 2.05) is 0 Å². The van der Waals surface area contributed by atoms with E-state index >= 15 is 0 Å². The molecule has 0 amide bonds. The number of hydrogen-bond donors (Lipinski definition) is 2. The summed E-state index contributed by atoms with van der Waals surface area (Å²) in [5.41, 5.74) is 0.897.